The molecule has 92 valence electrons. The number of allylic oxidation sites excluding steroid dienone is 3. The standard InChI is InChI=1S/C14H19NO2/c1-3-5-7-11(6-4-2)15-13-10-12(16)8-9-14(13)17/h4,8-11,15H,2-3,5-7H2,1H3. The predicted molar refractivity (Wildman–Crippen MR) is 68.5 cm³/mol. The zero-order valence-electron chi connectivity index (χ0n) is 10.2. The van der Waals surface area contributed by atoms with Gasteiger partial charge in [0.2, 0.25) is 5.78 Å². The van der Waals surface area contributed by atoms with Crippen LogP contribution in [0.1, 0.15) is 32.6 Å². The summed E-state index contributed by atoms with van der Waals surface area (Å²) in [5, 5.41) is 3.14. The Balaban J connectivity index is 2.62. The molecule has 0 amide bonds. The van der Waals surface area contributed by atoms with Gasteiger partial charge < -0.3 is 5.32 Å². The van der Waals surface area contributed by atoms with Crippen molar-refractivity contribution < 1.29 is 9.59 Å². The number of carbonyl (C=O) groups excluding carboxylic acids is 2. The summed E-state index contributed by atoms with van der Waals surface area (Å²) in [6.45, 7) is 5.84. The van der Waals surface area contributed by atoms with E-state index in [4.69, 9.17) is 0 Å². The van der Waals surface area contributed by atoms with Crippen LogP contribution in [0.25, 0.3) is 0 Å². The molecular formula is C14H19NO2. The van der Waals surface area contributed by atoms with Crippen LogP contribution in [-0.2, 0) is 9.59 Å². The maximum Gasteiger partial charge on any atom is 0.201 e. The summed E-state index contributed by atoms with van der Waals surface area (Å²) in [6, 6.07) is 0.182. The molecule has 0 heterocycles. The van der Waals surface area contributed by atoms with E-state index in [1.165, 1.54) is 18.2 Å². The molecule has 17 heavy (non-hydrogen) atoms. The lowest BCUT2D eigenvalue weighted by Gasteiger charge is -2.20. The van der Waals surface area contributed by atoms with Crippen molar-refractivity contribution >= 4 is 11.6 Å². The summed E-state index contributed by atoms with van der Waals surface area (Å²) >= 11 is 0. The summed E-state index contributed by atoms with van der Waals surface area (Å²) < 4.78 is 0. The second-order valence-corrected chi connectivity index (χ2v) is 4.17. The van der Waals surface area contributed by atoms with E-state index < -0.39 is 0 Å². The smallest absolute Gasteiger partial charge is 0.201 e. The van der Waals surface area contributed by atoms with Crippen molar-refractivity contribution in [3.63, 3.8) is 0 Å². The van der Waals surface area contributed by atoms with Gasteiger partial charge in [-0.05, 0) is 25.0 Å². The van der Waals surface area contributed by atoms with E-state index in [-0.39, 0.29) is 17.6 Å². The zero-order valence-corrected chi connectivity index (χ0v) is 10.2. The van der Waals surface area contributed by atoms with Gasteiger partial charge in [-0.1, -0.05) is 25.8 Å². The first-order chi connectivity index (χ1) is 8.17. The average molecular weight is 233 g/mol. The van der Waals surface area contributed by atoms with Crippen molar-refractivity contribution in [2.75, 3.05) is 0 Å². The van der Waals surface area contributed by atoms with Crippen LogP contribution in [0.2, 0.25) is 0 Å². The Morgan fingerprint density at radius 3 is 2.82 bits per heavy atom. The summed E-state index contributed by atoms with van der Waals surface area (Å²) in [4.78, 5) is 22.8. The Bertz CT molecular complexity index is 366. The molecule has 0 saturated heterocycles. The van der Waals surface area contributed by atoms with E-state index in [0.29, 0.717) is 5.70 Å². The van der Waals surface area contributed by atoms with Crippen molar-refractivity contribution in [2.24, 2.45) is 0 Å². The molecule has 0 aromatic rings. The van der Waals surface area contributed by atoms with Crippen LogP contribution in [0.5, 0.6) is 0 Å². The molecule has 0 aliphatic heterocycles. The molecule has 3 nitrogen and oxygen atoms in total. The minimum absolute atomic E-state index is 0.129. The summed E-state index contributed by atoms with van der Waals surface area (Å²) in [6.07, 6.45) is 9.78. The minimum atomic E-state index is -0.139. The SMILES string of the molecule is C=CCC(CCCC)NC1=CC(=O)C=CC1=O. The van der Waals surface area contributed by atoms with Gasteiger partial charge in [-0.2, -0.15) is 0 Å². The number of carbonyl (C=O) groups is 2. The molecule has 1 unspecified atom stereocenters. The molecule has 0 fully saturated rings. The van der Waals surface area contributed by atoms with Gasteiger partial charge in [0.1, 0.15) is 0 Å². The Labute approximate surface area is 102 Å². The van der Waals surface area contributed by atoms with Crippen molar-refractivity contribution in [2.45, 2.75) is 38.6 Å². The highest BCUT2D eigenvalue weighted by molar-refractivity contribution is 6.16. The fourth-order valence-electron chi connectivity index (χ4n) is 1.74. The zero-order chi connectivity index (χ0) is 12.7. The molecule has 0 bridgehead atoms. The number of ketones is 2. The van der Waals surface area contributed by atoms with Gasteiger partial charge in [0, 0.05) is 12.1 Å². The Morgan fingerprint density at radius 2 is 2.18 bits per heavy atom. The first-order valence-corrected chi connectivity index (χ1v) is 6.03. The van der Waals surface area contributed by atoms with Crippen molar-refractivity contribution in [1.29, 1.82) is 0 Å². The minimum Gasteiger partial charge on any atom is -0.379 e. The lowest BCUT2D eigenvalue weighted by molar-refractivity contribution is -0.114. The molecule has 1 aliphatic rings. The van der Waals surface area contributed by atoms with E-state index in [9.17, 15) is 9.59 Å². The maximum atomic E-state index is 11.6. The number of hydrogen-bond acceptors (Lipinski definition) is 3. The Morgan fingerprint density at radius 1 is 1.41 bits per heavy atom. The number of hydrogen-bond donors (Lipinski definition) is 1. The van der Waals surface area contributed by atoms with E-state index in [1.54, 1.807) is 0 Å². The summed E-state index contributed by atoms with van der Waals surface area (Å²) in [5.74, 6) is -0.268. The van der Waals surface area contributed by atoms with Crippen LogP contribution in [0.3, 0.4) is 0 Å². The normalized spacial score (nSPS) is 16.6. The largest absolute Gasteiger partial charge is 0.379 e. The van der Waals surface area contributed by atoms with Gasteiger partial charge in [0.05, 0.1) is 5.70 Å². The molecule has 1 N–H and O–H groups in total. The van der Waals surface area contributed by atoms with Crippen LogP contribution in [0.15, 0.2) is 36.6 Å². The molecule has 1 rings (SSSR count). The van der Waals surface area contributed by atoms with Gasteiger partial charge in [-0.15, -0.1) is 6.58 Å². The van der Waals surface area contributed by atoms with Crippen LogP contribution in [-0.4, -0.2) is 17.6 Å². The first-order valence-electron chi connectivity index (χ1n) is 6.03. The number of nitrogens with one attached hydrogen (secondary N) is 1. The lowest BCUT2D eigenvalue weighted by Crippen LogP contribution is -2.32. The summed E-state index contributed by atoms with van der Waals surface area (Å²) in [7, 11) is 0. The molecule has 1 atom stereocenters. The highest BCUT2D eigenvalue weighted by atomic mass is 16.1. The van der Waals surface area contributed by atoms with Crippen LogP contribution < -0.4 is 5.32 Å². The topological polar surface area (TPSA) is 46.2 Å². The third-order valence-corrected chi connectivity index (χ3v) is 2.67. The van der Waals surface area contributed by atoms with Crippen LogP contribution >= 0.6 is 0 Å². The van der Waals surface area contributed by atoms with Gasteiger partial charge in [-0.25, -0.2) is 0 Å². The Hall–Kier alpha value is -1.64. The van der Waals surface area contributed by atoms with Crippen molar-refractivity contribution in [3.05, 3.63) is 36.6 Å². The third-order valence-electron chi connectivity index (χ3n) is 2.67. The molecule has 0 aromatic carbocycles. The third kappa shape index (κ3) is 4.39. The van der Waals surface area contributed by atoms with Gasteiger partial charge in [-0.3, -0.25) is 9.59 Å². The quantitative estimate of drug-likeness (QED) is 0.542. The molecule has 3 heteroatoms. The molecular weight excluding hydrogens is 214 g/mol. The monoisotopic (exact) mass is 233 g/mol. The van der Waals surface area contributed by atoms with E-state index in [0.717, 1.165) is 25.7 Å². The number of unbranched alkanes of at least 4 members (excludes halogenated alkanes) is 1. The molecule has 1 aliphatic carbocycles. The maximum absolute atomic E-state index is 11.6. The van der Waals surface area contributed by atoms with Gasteiger partial charge in [0.15, 0.2) is 5.78 Å². The highest BCUT2D eigenvalue weighted by Gasteiger charge is 2.16. The van der Waals surface area contributed by atoms with Crippen LogP contribution in [0, 0.1) is 0 Å². The molecule has 0 spiro atoms. The second-order valence-electron chi connectivity index (χ2n) is 4.17. The molecule has 0 aromatic heterocycles. The molecule has 0 saturated carbocycles. The fraction of sp³-hybridized carbons (Fsp3) is 0.429. The molecule has 0 radical (unpaired) electrons. The average Bonchev–Trinajstić information content (AvgIpc) is 2.31. The van der Waals surface area contributed by atoms with Crippen molar-refractivity contribution in [1.82, 2.24) is 5.32 Å². The van der Waals surface area contributed by atoms with Crippen molar-refractivity contribution in [3.8, 4) is 0 Å². The first kappa shape index (κ1) is 13.4. The van der Waals surface area contributed by atoms with E-state index in [2.05, 4.69) is 18.8 Å². The Kier molecular flexibility index (Phi) is 5.40. The van der Waals surface area contributed by atoms with E-state index >= 15 is 0 Å². The lowest BCUT2D eigenvalue weighted by atomic mass is 10.0. The van der Waals surface area contributed by atoms with Crippen LogP contribution in [0.4, 0.5) is 0 Å². The predicted octanol–water partition coefficient (Wildman–Crippen LogP) is 2.30. The van der Waals surface area contributed by atoms with Gasteiger partial charge in [0.25, 0.3) is 0 Å². The summed E-state index contributed by atoms with van der Waals surface area (Å²) in [5.41, 5.74) is 0.403. The fourth-order valence-corrected chi connectivity index (χ4v) is 1.74. The second kappa shape index (κ2) is 6.84. The van der Waals surface area contributed by atoms with Gasteiger partial charge >= 0.3 is 0 Å². The number of rotatable bonds is 7. The van der Waals surface area contributed by atoms with E-state index in [1.807, 2.05) is 6.08 Å². The highest BCUT2D eigenvalue weighted by Crippen LogP contribution is 2.10.